The van der Waals surface area contributed by atoms with Gasteiger partial charge >= 0.3 is 0 Å². The molecule has 0 bridgehead atoms. The van der Waals surface area contributed by atoms with Gasteiger partial charge in [0.1, 0.15) is 0 Å². The van der Waals surface area contributed by atoms with E-state index in [-0.39, 0.29) is 17.1 Å². The molecule has 0 saturated heterocycles. The standard InChI is InChI=1S/C17H22N4O3/c1-5-19(11-13-7-6-8-15(9-13)21(23)24)16(22)14-10-18-20(12-14)17(2,3)4/h6-10,12H,5,11H2,1-4H3. The molecule has 0 N–H and O–H groups in total. The first-order valence-electron chi connectivity index (χ1n) is 7.80. The second-order valence-corrected chi connectivity index (χ2v) is 6.59. The van der Waals surface area contributed by atoms with Crippen LogP contribution in [0.15, 0.2) is 36.7 Å². The second-order valence-electron chi connectivity index (χ2n) is 6.59. The molecule has 1 heterocycles. The van der Waals surface area contributed by atoms with E-state index in [4.69, 9.17) is 0 Å². The molecule has 0 unspecified atom stereocenters. The zero-order chi connectivity index (χ0) is 17.9. The van der Waals surface area contributed by atoms with Crippen LogP contribution in [0.5, 0.6) is 0 Å². The van der Waals surface area contributed by atoms with Crippen LogP contribution in [0.4, 0.5) is 5.69 Å². The van der Waals surface area contributed by atoms with Crippen molar-refractivity contribution >= 4 is 11.6 Å². The molecule has 0 aliphatic carbocycles. The largest absolute Gasteiger partial charge is 0.334 e. The maximum absolute atomic E-state index is 12.7. The lowest BCUT2D eigenvalue weighted by Crippen LogP contribution is -2.30. The van der Waals surface area contributed by atoms with Crippen molar-refractivity contribution < 1.29 is 9.72 Å². The van der Waals surface area contributed by atoms with Gasteiger partial charge in [-0.1, -0.05) is 12.1 Å². The molecule has 2 rings (SSSR count). The van der Waals surface area contributed by atoms with Gasteiger partial charge in [0.15, 0.2) is 0 Å². The van der Waals surface area contributed by atoms with Gasteiger partial charge < -0.3 is 4.90 Å². The number of non-ortho nitro benzene ring substituents is 1. The summed E-state index contributed by atoms with van der Waals surface area (Å²) in [4.78, 5) is 24.8. The first-order valence-corrected chi connectivity index (χ1v) is 7.80. The Morgan fingerprint density at radius 2 is 2.08 bits per heavy atom. The van der Waals surface area contributed by atoms with Gasteiger partial charge in [0.2, 0.25) is 0 Å². The normalized spacial score (nSPS) is 11.3. The number of benzene rings is 1. The molecular formula is C17H22N4O3. The summed E-state index contributed by atoms with van der Waals surface area (Å²) in [6, 6.07) is 6.34. The Kier molecular flexibility index (Phi) is 5.02. The molecule has 0 radical (unpaired) electrons. The van der Waals surface area contributed by atoms with Gasteiger partial charge in [-0.15, -0.1) is 0 Å². The highest BCUT2D eigenvalue weighted by Gasteiger charge is 2.20. The van der Waals surface area contributed by atoms with Crippen LogP contribution in [0, 0.1) is 10.1 Å². The van der Waals surface area contributed by atoms with E-state index in [0.29, 0.717) is 18.7 Å². The summed E-state index contributed by atoms with van der Waals surface area (Å²) < 4.78 is 1.75. The average Bonchev–Trinajstić information content (AvgIpc) is 3.02. The smallest absolute Gasteiger partial charge is 0.269 e. The third kappa shape index (κ3) is 3.98. The Morgan fingerprint density at radius 1 is 1.38 bits per heavy atom. The predicted molar refractivity (Wildman–Crippen MR) is 90.7 cm³/mol. The molecule has 2 aromatic rings. The number of rotatable bonds is 5. The van der Waals surface area contributed by atoms with E-state index in [2.05, 4.69) is 5.10 Å². The van der Waals surface area contributed by atoms with Gasteiger partial charge in [-0.3, -0.25) is 19.6 Å². The zero-order valence-electron chi connectivity index (χ0n) is 14.4. The van der Waals surface area contributed by atoms with Crippen molar-refractivity contribution in [2.24, 2.45) is 0 Å². The molecule has 1 aromatic heterocycles. The highest BCUT2D eigenvalue weighted by atomic mass is 16.6. The summed E-state index contributed by atoms with van der Waals surface area (Å²) in [6.45, 7) is 8.72. The maximum atomic E-state index is 12.7. The third-order valence-corrected chi connectivity index (χ3v) is 3.68. The van der Waals surface area contributed by atoms with E-state index in [1.165, 1.54) is 12.1 Å². The molecule has 7 heteroatoms. The molecule has 0 aliphatic rings. The van der Waals surface area contributed by atoms with Gasteiger partial charge in [0, 0.05) is 31.4 Å². The lowest BCUT2D eigenvalue weighted by Gasteiger charge is -2.21. The van der Waals surface area contributed by atoms with Crippen molar-refractivity contribution in [2.75, 3.05) is 6.54 Å². The Balaban J connectivity index is 2.19. The molecule has 128 valence electrons. The SMILES string of the molecule is CCN(Cc1cccc([N+](=O)[O-])c1)C(=O)c1cnn(C(C)(C)C)c1. The summed E-state index contributed by atoms with van der Waals surface area (Å²) in [5, 5.41) is 15.1. The zero-order valence-corrected chi connectivity index (χ0v) is 14.4. The second kappa shape index (κ2) is 6.82. The van der Waals surface area contributed by atoms with Crippen LogP contribution in [0.1, 0.15) is 43.6 Å². The van der Waals surface area contributed by atoms with Crippen LogP contribution in [-0.4, -0.2) is 32.1 Å². The minimum Gasteiger partial charge on any atom is -0.334 e. The number of nitro benzene ring substituents is 1. The maximum Gasteiger partial charge on any atom is 0.269 e. The van der Waals surface area contributed by atoms with Crippen molar-refractivity contribution in [2.45, 2.75) is 39.8 Å². The van der Waals surface area contributed by atoms with Crippen LogP contribution >= 0.6 is 0 Å². The number of carbonyl (C=O) groups excluding carboxylic acids is 1. The molecule has 1 amide bonds. The number of carbonyl (C=O) groups is 1. The number of nitro groups is 1. The topological polar surface area (TPSA) is 81.3 Å². The molecule has 0 fully saturated rings. The number of hydrogen-bond donors (Lipinski definition) is 0. The van der Waals surface area contributed by atoms with E-state index in [9.17, 15) is 14.9 Å². The Bertz CT molecular complexity index is 746. The van der Waals surface area contributed by atoms with Crippen molar-refractivity contribution in [3.8, 4) is 0 Å². The fourth-order valence-corrected chi connectivity index (χ4v) is 2.30. The molecule has 0 spiro atoms. The van der Waals surface area contributed by atoms with Crippen molar-refractivity contribution in [3.05, 3.63) is 57.9 Å². The summed E-state index contributed by atoms with van der Waals surface area (Å²) in [6.07, 6.45) is 3.29. The number of aromatic nitrogens is 2. The summed E-state index contributed by atoms with van der Waals surface area (Å²) in [5.74, 6) is -0.139. The third-order valence-electron chi connectivity index (χ3n) is 3.68. The first-order chi connectivity index (χ1) is 11.2. The number of hydrogen-bond acceptors (Lipinski definition) is 4. The van der Waals surface area contributed by atoms with Crippen LogP contribution in [-0.2, 0) is 12.1 Å². The van der Waals surface area contributed by atoms with Crippen LogP contribution in [0.2, 0.25) is 0 Å². The van der Waals surface area contributed by atoms with Crippen molar-refractivity contribution in [1.29, 1.82) is 0 Å². The Hall–Kier alpha value is -2.70. The van der Waals surface area contributed by atoms with Gasteiger partial charge in [-0.05, 0) is 33.3 Å². The van der Waals surface area contributed by atoms with Gasteiger partial charge in [0.05, 0.1) is 22.2 Å². The van der Waals surface area contributed by atoms with Crippen LogP contribution < -0.4 is 0 Å². The molecule has 0 aliphatic heterocycles. The van der Waals surface area contributed by atoms with Crippen LogP contribution in [0.3, 0.4) is 0 Å². The molecular weight excluding hydrogens is 308 g/mol. The fraction of sp³-hybridized carbons (Fsp3) is 0.412. The van der Waals surface area contributed by atoms with E-state index >= 15 is 0 Å². The number of amides is 1. The van der Waals surface area contributed by atoms with E-state index in [1.54, 1.807) is 34.1 Å². The lowest BCUT2D eigenvalue weighted by molar-refractivity contribution is -0.384. The Morgan fingerprint density at radius 3 is 2.62 bits per heavy atom. The van der Waals surface area contributed by atoms with Gasteiger partial charge in [-0.25, -0.2) is 0 Å². The first kappa shape index (κ1) is 17.7. The molecule has 1 aromatic carbocycles. The fourth-order valence-electron chi connectivity index (χ4n) is 2.30. The highest BCUT2D eigenvalue weighted by Crippen LogP contribution is 2.17. The predicted octanol–water partition coefficient (Wildman–Crippen LogP) is 3.21. The monoisotopic (exact) mass is 330 g/mol. The van der Waals surface area contributed by atoms with Gasteiger partial charge in [0.25, 0.3) is 11.6 Å². The summed E-state index contributed by atoms with van der Waals surface area (Å²) in [5.41, 5.74) is 1.06. The van der Waals surface area contributed by atoms with Gasteiger partial charge in [-0.2, -0.15) is 5.10 Å². The highest BCUT2D eigenvalue weighted by molar-refractivity contribution is 5.93. The van der Waals surface area contributed by atoms with Crippen molar-refractivity contribution in [1.82, 2.24) is 14.7 Å². The summed E-state index contributed by atoms with van der Waals surface area (Å²) >= 11 is 0. The minimum atomic E-state index is -0.436. The number of nitrogens with zero attached hydrogens (tertiary/aromatic N) is 4. The van der Waals surface area contributed by atoms with E-state index in [0.717, 1.165) is 5.56 Å². The van der Waals surface area contributed by atoms with Crippen molar-refractivity contribution in [3.63, 3.8) is 0 Å². The molecule has 0 atom stereocenters. The molecule has 24 heavy (non-hydrogen) atoms. The Labute approximate surface area is 141 Å². The van der Waals surface area contributed by atoms with Crippen LogP contribution in [0.25, 0.3) is 0 Å². The summed E-state index contributed by atoms with van der Waals surface area (Å²) in [7, 11) is 0. The molecule has 0 saturated carbocycles. The quantitative estimate of drug-likeness (QED) is 0.622. The average molecular weight is 330 g/mol. The van der Waals surface area contributed by atoms with E-state index < -0.39 is 4.92 Å². The minimum absolute atomic E-state index is 0.0246. The van der Waals surface area contributed by atoms with E-state index in [1.807, 2.05) is 27.7 Å². The molecule has 7 nitrogen and oxygen atoms in total. The lowest BCUT2D eigenvalue weighted by atomic mass is 10.1.